The van der Waals surface area contributed by atoms with Crippen molar-refractivity contribution in [2.75, 3.05) is 52.0 Å². The van der Waals surface area contributed by atoms with Gasteiger partial charge in [-0.15, -0.1) is 24.8 Å². The number of methoxy groups -OCH3 is 2. The number of hydrogen-bond acceptors (Lipinski definition) is 6. The number of rotatable bonds is 5. The third-order valence-electron chi connectivity index (χ3n) is 4.47. The van der Waals surface area contributed by atoms with Crippen LogP contribution in [0.5, 0.6) is 11.5 Å². The first-order chi connectivity index (χ1) is 11.7. The Morgan fingerprint density at radius 1 is 1.23 bits per heavy atom. The zero-order chi connectivity index (χ0) is 16.9. The monoisotopic (exact) mass is 407 g/mol. The van der Waals surface area contributed by atoms with Gasteiger partial charge in [0, 0.05) is 49.6 Å². The van der Waals surface area contributed by atoms with Crippen molar-refractivity contribution in [3.05, 3.63) is 18.2 Å². The van der Waals surface area contributed by atoms with Crippen molar-refractivity contribution in [1.82, 2.24) is 10.6 Å². The van der Waals surface area contributed by atoms with Crippen molar-refractivity contribution in [3.63, 3.8) is 0 Å². The number of halogens is 2. The van der Waals surface area contributed by atoms with Gasteiger partial charge in [-0.3, -0.25) is 4.79 Å². The van der Waals surface area contributed by atoms with E-state index in [1.54, 1.807) is 14.2 Å². The van der Waals surface area contributed by atoms with Crippen LogP contribution in [0.2, 0.25) is 0 Å². The maximum absolute atomic E-state index is 12.3. The molecule has 1 amide bonds. The summed E-state index contributed by atoms with van der Waals surface area (Å²) in [4.78, 5) is 14.5. The minimum atomic E-state index is -0.246. The Labute approximate surface area is 166 Å². The highest BCUT2D eigenvalue weighted by Crippen LogP contribution is 2.30. The Hall–Kier alpha value is -1.41. The first-order valence-electron chi connectivity index (χ1n) is 8.29. The molecule has 0 bridgehead atoms. The van der Waals surface area contributed by atoms with Crippen molar-refractivity contribution in [2.45, 2.75) is 18.5 Å². The van der Waals surface area contributed by atoms with E-state index in [9.17, 15) is 4.79 Å². The molecule has 3 rings (SSSR count). The molecule has 0 spiro atoms. The van der Waals surface area contributed by atoms with Crippen LogP contribution in [0, 0.1) is 0 Å². The van der Waals surface area contributed by atoms with Gasteiger partial charge in [-0.25, -0.2) is 0 Å². The number of nitrogens with one attached hydrogen (secondary N) is 2. The van der Waals surface area contributed by atoms with Crippen molar-refractivity contribution in [2.24, 2.45) is 0 Å². The number of benzene rings is 1. The van der Waals surface area contributed by atoms with E-state index in [1.165, 1.54) is 0 Å². The van der Waals surface area contributed by atoms with Crippen molar-refractivity contribution < 1.29 is 19.0 Å². The predicted molar refractivity (Wildman–Crippen MR) is 105 cm³/mol. The van der Waals surface area contributed by atoms with Crippen LogP contribution in [-0.2, 0) is 9.53 Å². The van der Waals surface area contributed by atoms with Gasteiger partial charge >= 0.3 is 0 Å². The Morgan fingerprint density at radius 2 is 1.92 bits per heavy atom. The van der Waals surface area contributed by atoms with Crippen LogP contribution in [0.15, 0.2) is 18.2 Å². The summed E-state index contributed by atoms with van der Waals surface area (Å²) in [7, 11) is 3.29. The van der Waals surface area contributed by atoms with Gasteiger partial charge in [-0.1, -0.05) is 0 Å². The Morgan fingerprint density at radius 3 is 2.50 bits per heavy atom. The Balaban J connectivity index is 0.00000169. The summed E-state index contributed by atoms with van der Waals surface area (Å²) >= 11 is 0. The average Bonchev–Trinajstić information content (AvgIpc) is 3.10. The summed E-state index contributed by atoms with van der Waals surface area (Å²) in [5.41, 5.74) is 1.04. The molecule has 2 aliphatic heterocycles. The number of amides is 1. The van der Waals surface area contributed by atoms with Gasteiger partial charge in [0.2, 0.25) is 5.91 Å². The SMILES string of the molecule is COc1cc(OC)cc(N2CCC(NC(=O)C3COCCN3)C2)c1.Cl.Cl. The molecule has 1 aromatic carbocycles. The summed E-state index contributed by atoms with van der Waals surface area (Å²) in [6.45, 7) is 3.48. The largest absolute Gasteiger partial charge is 0.497 e. The first-order valence-corrected chi connectivity index (χ1v) is 8.29. The third-order valence-corrected chi connectivity index (χ3v) is 4.47. The molecule has 2 saturated heterocycles. The van der Waals surface area contributed by atoms with Crippen molar-refractivity contribution in [3.8, 4) is 11.5 Å². The first kappa shape index (κ1) is 22.6. The number of nitrogens with zero attached hydrogens (tertiary/aromatic N) is 1. The zero-order valence-corrected chi connectivity index (χ0v) is 16.7. The van der Waals surface area contributed by atoms with Gasteiger partial charge in [0.1, 0.15) is 17.5 Å². The molecule has 0 aromatic heterocycles. The number of ether oxygens (including phenoxy) is 3. The lowest BCUT2D eigenvalue weighted by Crippen LogP contribution is -2.53. The van der Waals surface area contributed by atoms with Gasteiger partial charge in [0.05, 0.1) is 27.4 Å². The van der Waals surface area contributed by atoms with E-state index in [0.717, 1.165) is 43.2 Å². The number of morpholine rings is 1. The van der Waals surface area contributed by atoms with Crippen LogP contribution >= 0.6 is 24.8 Å². The van der Waals surface area contributed by atoms with E-state index >= 15 is 0 Å². The number of carbonyl (C=O) groups excluding carboxylic acids is 1. The minimum Gasteiger partial charge on any atom is -0.497 e. The second kappa shape index (κ2) is 10.7. The standard InChI is InChI=1S/C17H25N3O4.2ClH/c1-22-14-7-13(8-15(9-14)23-2)20-5-3-12(10-20)19-17(21)16-11-24-6-4-18-16;;/h7-9,12,16,18H,3-6,10-11H2,1-2H3,(H,19,21);2*1H. The van der Waals surface area contributed by atoms with Gasteiger partial charge in [0.15, 0.2) is 0 Å². The fourth-order valence-electron chi connectivity index (χ4n) is 3.12. The average molecular weight is 408 g/mol. The zero-order valence-electron chi connectivity index (χ0n) is 15.0. The van der Waals surface area contributed by atoms with E-state index in [1.807, 2.05) is 18.2 Å². The van der Waals surface area contributed by atoms with Crippen LogP contribution < -0.4 is 25.0 Å². The summed E-state index contributed by atoms with van der Waals surface area (Å²) in [6, 6.07) is 5.73. The molecule has 0 radical (unpaired) electrons. The molecule has 148 valence electrons. The summed E-state index contributed by atoms with van der Waals surface area (Å²) in [6.07, 6.45) is 0.916. The molecule has 2 heterocycles. The predicted octanol–water partition coefficient (Wildman–Crippen LogP) is 1.23. The quantitative estimate of drug-likeness (QED) is 0.764. The van der Waals surface area contributed by atoms with Gasteiger partial charge in [0.25, 0.3) is 0 Å². The van der Waals surface area contributed by atoms with Gasteiger partial charge in [-0.2, -0.15) is 0 Å². The van der Waals surface area contributed by atoms with E-state index in [0.29, 0.717) is 13.2 Å². The smallest absolute Gasteiger partial charge is 0.239 e. The van der Waals surface area contributed by atoms with Crippen LogP contribution in [0.3, 0.4) is 0 Å². The maximum atomic E-state index is 12.3. The molecule has 0 saturated carbocycles. The molecule has 2 aliphatic rings. The highest BCUT2D eigenvalue weighted by Gasteiger charge is 2.28. The number of carbonyl (C=O) groups is 1. The molecule has 26 heavy (non-hydrogen) atoms. The number of anilines is 1. The lowest BCUT2D eigenvalue weighted by Gasteiger charge is -2.25. The molecular formula is C17H27Cl2N3O4. The fourth-order valence-corrected chi connectivity index (χ4v) is 3.12. The molecule has 9 heteroatoms. The summed E-state index contributed by atoms with van der Waals surface area (Å²) in [5.74, 6) is 1.55. The Kier molecular flexibility index (Phi) is 9.29. The molecule has 2 atom stereocenters. The lowest BCUT2D eigenvalue weighted by molar-refractivity contribution is -0.126. The summed E-state index contributed by atoms with van der Waals surface area (Å²) < 4.78 is 16.0. The lowest BCUT2D eigenvalue weighted by atomic mass is 10.2. The Bertz CT molecular complexity index is 563. The second-order valence-corrected chi connectivity index (χ2v) is 6.09. The molecule has 7 nitrogen and oxygen atoms in total. The van der Waals surface area contributed by atoms with Crippen LogP contribution in [0.1, 0.15) is 6.42 Å². The van der Waals surface area contributed by atoms with Crippen molar-refractivity contribution in [1.29, 1.82) is 0 Å². The molecular weight excluding hydrogens is 381 g/mol. The summed E-state index contributed by atoms with van der Waals surface area (Å²) in [5, 5.41) is 6.30. The molecule has 1 aromatic rings. The second-order valence-electron chi connectivity index (χ2n) is 6.09. The van der Waals surface area contributed by atoms with E-state index in [4.69, 9.17) is 14.2 Å². The molecule has 2 fully saturated rings. The van der Waals surface area contributed by atoms with Crippen LogP contribution in [0.4, 0.5) is 5.69 Å². The molecule has 2 N–H and O–H groups in total. The van der Waals surface area contributed by atoms with E-state index in [-0.39, 0.29) is 42.8 Å². The topological polar surface area (TPSA) is 72.1 Å². The van der Waals surface area contributed by atoms with Crippen LogP contribution in [-0.4, -0.2) is 65.1 Å². The number of hydrogen-bond donors (Lipinski definition) is 2. The van der Waals surface area contributed by atoms with E-state index in [2.05, 4.69) is 15.5 Å². The third kappa shape index (κ3) is 5.54. The fraction of sp³-hybridized carbons (Fsp3) is 0.588. The van der Waals surface area contributed by atoms with E-state index < -0.39 is 0 Å². The van der Waals surface area contributed by atoms with Gasteiger partial charge < -0.3 is 29.7 Å². The minimum absolute atomic E-state index is 0. The molecule has 0 aliphatic carbocycles. The maximum Gasteiger partial charge on any atom is 0.239 e. The van der Waals surface area contributed by atoms with Crippen LogP contribution in [0.25, 0.3) is 0 Å². The van der Waals surface area contributed by atoms with Crippen molar-refractivity contribution >= 4 is 36.4 Å². The highest BCUT2D eigenvalue weighted by molar-refractivity contribution is 5.85. The normalized spacial score (nSPS) is 22.0. The highest BCUT2D eigenvalue weighted by atomic mass is 35.5. The molecule has 2 unspecified atom stereocenters. The van der Waals surface area contributed by atoms with Gasteiger partial charge in [-0.05, 0) is 6.42 Å².